The number of methoxy groups -OCH3 is 1. The largest absolute Gasteiger partial charge is 0.497 e. The van der Waals surface area contributed by atoms with Gasteiger partial charge in [0.05, 0.1) is 13.7 Å². The first-order valence-electron chi connectivity index (χ1n) is 10.1. The minimum Gasteiger partial charge on any atom is -0.497 e. The third-order valence-electron chi connectivity index (χ3n) is 5.79. The number of hydrogen-bond donors (Lipinski definition) is 2. The minimum absolute atomic E-state index is 0.218. The van der Waals surface area contributed by atoms with Crippen molar-refractivity contribution in [3.63, 3.8) is 0 Å². The van der Waals surface area contributed by atoms with Gasteiger partial charge in [-0.2, -0.15) is 0 Å². The van der Waals surface area contributed by atoms with Crippen molar-refractivity contribution >= 4 is 5.91 Å². The third kappa shape index (κ3) is 4.31. The molecule has 3 aromatic carbocycles. The van der Waals surface area contributed by atoms with Crippen molar-refractivity contribution in [3.8, 4) is 11.5 Å². The lowest BCUT2D eigenvalue weighted by Gasteiger charge is -2.25. The van der Waals surface area contributed by atoms with Crippen LogP contribution in [0.1, 0.15) is 33.0 Å². The average Bonchev–Trinajstić information content (AvgIpc) is 2.98. The molecule has 0 saturated carbocycles. The van der Waals surface area contributed by atoms with E-state index in [4.69, 9.17) is 14.7 Å². The Kier molecular flexibility index (Phi) is 6.00. The molecule has 0 fully saturated rings. The van der Waals surface area contributed by atoms with Crippen LogP contribution in [0.15, 0.2) is 72.8 Å². The van der Waals surface area contributed by atoms with Crippen molar-refractivity contribution in [3.05, 3.63) is 95.1 Å². The summed E-state index contributed by atoms with van der Waals surface area (Å²) in [6.07, 6.45) is 1.74. The fraction of sp³-hybridized carbons (Fsp3) is 0.240. The van der Waals surface area contributed by atoms with E-state index in [-0.39, 0.29) is 5.92 Å². The van der Waals surface area contributed by atoms with Gasteiger partial charge in [0.1, 0.15) is 11.5 Å². The molecule has 0 spiro atoms. The van der Waals surface area contributed by atoms with E-state index in [1.54, 1.807) is 24.7 Å². The van der Waals surface area contributed by atoms with Gasteiger partial charge < -0.3 is 9.47 Å². The molecule has 3 aromatic rings. The Morgan fingerprint density at radius 2 is 1.87 bits per heavy atom. The number of hydroxylamine groups is 1. The van der Waals surface area contributed by atoms with E-state index in [1.165, 1.54) is 11.1 Å². The number of nitrogens with one attached hydrogen (secondary N) is 1. The Balaban J connectivity index is 1.66. The van der Waals surface area contributed by atoms with Crippen LogP contribution in [0, 0.1) is 5.92 Å². The second kappa shape index (κ2) is 9.01. The van der Waals surface area contributed by atoms with Crippen molar-refractivity contribution in [2.24, 2.45) is 5.92 Å². The van der Waals surface area contributed by atoms with Crippen molar-refractivity contribution < 1.29 is 19.5 Å². The van der Waals surface area contributed by atoms with Crippen LogP contribution in [-0.2, 0) is 12.8 Å². The van der Waals surface area contributed by atoms with Crippen LogP contribution < -0.4 is 15.0 Å². The van der Waals surface area contributed by atoms with Crippen molar-refractivity contribution in [1.82, 2.24) is 5.48 Å². The number of carbonyl (C=O) groups is 1. The quantitative estimate of drug-likeness (QED) is 0.490. The molecule has 30 heavy (non-hydrogen) atoms. The van der Waals surface area contributed by atoms with Gasteiger partial charge >= 0.3 is 0 Å². The molecular formula is C25H25NO4. The summed E-state index contributed by atoms with van der Waals surface area (Å²) < 4.78 is 11.5. The van der Waals surface area contributed by atoms with Gasteiger partial charge in [-0.1, -0.05) is 48.5 Å². The predicted octanol–water partition coefficient (Wildman–Crippen LogP) is 4.39. The monoisotopic (exact) mass is 403 g/mol. The second-order valence-corrected chi connectivity index (χ2v) is 7.61. The molecule has 4 rings (SSSR count). The van der Waals surface area contributed by atoms with Crippen molar-refractivity contribution in [2.75, 3.05) is 13.7 Å². The third-order valence-corrected chi connectivity index (χ3v) is 5.79. The standard InChI is InChI=1S/C25H25NO4/c1-29-22-11-7-17(8-12-22)13-21-14-19-9-10-20(25(27)26-28)15-24(19)30-16-23(21)18-5-3-2-4-6-18/h2-12,15,21,23,28H,13-14,16H2,1H3,(H,26,27)/t21?,23-/m0/s1. The summed E-state index contributed by atoms with van der Waals surface area (Å²) in [5.74, 6) is 1.56. The molecule has 0 radical (unpaired) electrons. The molecule has 1 amide bonds. The van der Waals surface area contributed by atoms with E-state index in [1.807, 2.05) is 24.3 Å². The highest BCUT2D eigenvalue weighted by Gasteiger charge is 2.29. The maximum absolute atomic E-state index is 11.8. The Morgan fingerprint density at radius 3 is 2.57 bits per heavy atom. The lowest BCUT2D eigenvalue weighted by atomic mass is 9.79. The molecular weight excluding hydrogens is 378 g/mol. The first-order chi connectivity index (χ1) is 14.7. The van der Waals surface area contributed by atoms with Gasteiger partial charge in [-0.25, -0.2) is 5.48 Å². The van der Waals surface area contributed by atoms with Crippen LogP contribution in [0.3, 0.4) is 0 Å². The summed E-state index contributed by atoms with van der Waals surface area (Å²) in [5.41, 5.74) is 5.63. The first kappa shape index (κ1) is 20.0. The number of rotatable bonds is 5. The lowest BCUT2D eigenvalue weighted by molar-refractivity contribution is 0.0706. The normalized spacial score (nSPS) is 17.9. The zero-order valence-corrected chi connectivity index (χ0v) is 16.9. The molecule has 1 aliphatic rings. The molecule has 5 heteroatoms. The van der Waals surface area contributed by atoms with Gasteiger partial charge in [-0.3, -0.25) is 10.0 Å². The second-order valence-electron chi connectivity index (χ2n) is 7.61. The lowest BCUT2D eigenvalue weighted by Crippen LogP contribution is -2.21. The number of ether oxygens (including phenoxy) is 2. The highest BCUT2D eigenvalue weighted by atomic mass is 16.5. The molecule has 2 atom stereocenters. The van der Waals surface area contributed by atoms with E-state index in [9.17, 15) is 4.79 Å². The molecule has 0 aliphatic carbocycles. The number of amides is 1. The molecule has 0 saturated heterocycles. The fourth-order valence-corrected chi connectivity index (χ4v) is 4.15. The van der Waals surface area contributed by atoms with E-state index >= 15 is 0 Å². The Hall–Kier alpha value is -3.31. The molecule has 0 aromatic heterocycles. The maximum atomic E-state index is 11.8. The Bertz CT molecular complexity index is 1000. The van der Waals surface area contributed by atoms with Gasteiger partial charge in [0, 0.05) is 11.5 Å². The average molecular weight is 403 g/mol. The number of carbonyl (C=O) groups excluding carboxylic acids is 1. The van der Waals surface area contributed by atoms with E-state index in [0.29, 0.717) is 23.8 Å². The van der Waals surface area contributed by atoms with Crippen LogP contribution in [0.2, 0.25) is 0 Å². The predicted molar refractivity (Wildman–Crippen MR) is 114 cm³/mol. The Labute approximate surface area is 176 Å². The van der Waals surface area contributed by atoms with Crippen molar-refractivity contribution in [2.45, 2.75) is 18.8 Å². The topological polar surface area (TPSA) is 67.8 Å². The van der Waals surface area contributed by atoms with Gasteiger partial charge in [-0.15, -0.1) is 0 Å². The summed E-state index contributed by atoms with van der Waals surface area (Å²) in [6, 6.07) is 24.0. The Morgan fingerprint density at radius 1 is 1.10 bits per heavy atom. The van der Waals surface area contributed by atoms with Crippen LogP contribution in [0.5, 0.6) is 11.5 Å². The van der Waals surface area contributed by atoms with Gasteiger partial charge in [0.2, 0.25) is 0 Å². The number of fused-ring (bicyclic) bond motifs is 1. The van der Waals surface area contributed by atoms with E-state index in [0.717, 1.165) is 24.2 Å². The molecule has 2 N–H and O–H groups in total. The number of hydrogen-bond acceptors (Lipinski definition) is 4. The first-order valence-corrected chi connectivity index (χ1v) is 10.1. The van der Waals surface area contributed by atoms with E-state index < -0.39 is 5.91 Å². The van der Waals surface area contributed by atoms with Crippen LogP contribution in [-0.4, -0.2) is 24.8 Å². The van der Waals surface area contributed by atoms with Gasteiger partial charge in [-0.05, 0) is 59.7 Å². The molecule has 1 aliphatic heterocycles. The highest BCUT2D eigenvalue weighted by Crippen LogP contribution is 2.37. The summed E-state index contributed by atoms with van der Waals surface area (Å²) in [7, 11) is 1.67. The van der Waals surface area contributed by atoms with Crippen LogP contribution in [0.25, 0.3) is 0 Å². The molecule has 1 unspecified atom stereocenters. The fourth-order valence-electron chi connectivity index (χ4n) is 4.15. The summed E-state index contributed by atoms with van der Waals surface area (Å²) in [5, 5.41) is 8.93. The zero-order valence-electron chi connectivity index (χ0n) is 16.9. The summed E-state index contributed by atoms with van der Waals surface area (Å²) in [4.78, 5) is 11.8. The SMILES string of the molecule is COc1ccc(CC2Cc3ccc(C(=O)NO)cc3OC[C@H]2c2ccccc2)cc1. The van der Waals surface area contributed by atoms with Gasteiger partial charge in [0.15, 0.2) is 0 Å². The van der Waals surface area contributed by atoms with Gasteiger partial charge in [0.25, 0.3) is 5.91 Å². The highest BCUT2D eigenvalue weighted by molar-refractivity contribution is 5.93. The zero-order chi connectivity index (χ0) is 20.9. The van der Waals surface area contributed by atoms with Crippen molar-refractivity contribution in [1.29, 1.82) is 0 Å². The van der Waals surface area contributed by atoms with E-state index in [2.05, 4.69) is 36.4 Å². The smallest absolute Gasteiger partial charge is 0.274 e. The molecule has 154 valence electrons. The molecule has 1 heterocycles. The summed E-state index contributed by atoms with van der Waals surface area (Å²) in [6.45, 7) is 0.530. The maximum Gasteiger partial charge on any atom is 0.274 e. The summed E-state index contributed by atoms with van der Waals surface area (Å²) >= 11 is 0. The molecule has 5 nitrogen and oxygen atoms in total. The minimum atomic E-state index is -0.542. The van der Waals surface area contributed by atoms with Crippen LogP contribution in [0.4, 0.5) is 0 Å². The molecule has 0 bridgehead atoms. The van der Waals surface area contributed by atoms with Crippen LogP contribution >= 0.6 is 0 Å². The number of benzene rings is 3.